The van der Waals surface area contributed by atoms with Crippen LogP contribution in [0.25, 0.3) is 10.9 Å². The van der Waals surface area contributed by atoms with E-state index in [1.807, 2.05) is 13.0 Å². The van der Waals surface area contributed by atoms with Gasteiger partial charge < -0.3 is 16.8 Å². The van der Waals surface area contributed by atoms with Crippen molar-refractivity contribution in [1.29, 1.82) is 0 Å². The Morgan fingerprint density at radius 1 is 1.44 bits per heavy atom. The maximum absolute atomic E-state index is 10.8. The van der Waals surface area contributed by atoms with Crippen LogP contribution in [0.15, 0.2) is 24.5 Å². The van der Waals surface area contributed by atoms with Crippen molar-refractivity contribution in [2.45, 2.75) is 19.4 Å². The predicted molar refractivity (Wildman–Crippen MR) is 70.8 cm³/mol. The molecule has 1 amide bonds. The smallest absolute Gasteiger partial charge is 0.219 e. The van der Waals surface area contributed by atoms with Gasteiger partial charge >= 0.3 is 0 Å². The van der Waals surface area contributed by atoms with Crippen molar-refractivity contribution in [2.75, 3.05) is 11.1 Å². The van der Waals surface area contributed by atoms with E-state index in [9.17, 15) is 4.79 Å². The van der Waals surface area contributed by atoms with E-state index >= 15 is 0 Å². The molecule has 6 heteroatoms. The first kappa shape index (κ1) is 12.1. The lowest BCUT2D eigenvalue weighted by molar-refractivity contribution is -0.118. The highest BCUT2D eigenvalue weighted by Gasteiger charge is 2.09. The number of carbonyl (C=O) groups excluding carboxylic acids is 1. The van der Waals surface area contributed by atoms with Gasteiger partial charge in [-0.3, -0.25) is 4.79 Å². The third kappa shape index (κ3) is 2.65. The molecule has 0 spiro atoms. The van der Waals surface area contributed by atoms with E-state index in [1.165, 1.54) is 6.33 Å². The zero-order valence-electron chi connectivity index (χ0n) is 10.1. The summed E-state index contributed by atoms with van der Waals surface area (Å²) in [4.78, 5) is 19.2. The molecule has 0 fully saturated rings. The van der Waals surface area contributed by atoms with Crippen molar-refractivity contribution in [3.63, 3.8) is 0 Å². The van der Waals surface area contributed by atoms with Gasteiger partial charge in [0.05, 0.1) is 5.52 Å². The average Bonchev–Trinajstić information content (AvgIpc) is 2.28. The molecule has 2 rings (SSSR count). The quantitative estimate of drug-likeness (QED) is 0.693. The molecule has 1 aromatic heterocycles. The van der Waals surface area contributed by atoms with Gasteiger partial charge in [-0.05, 0) is 25.1 Å². The largest absolute Gasteiger partial charge is 0.399 e. The van der Waals surface area contributed by atoms with Crippen LogP contribution < -0.4 is 16.8 Å². The molecule has 1 unspecified atom stereocenters. The summed E-state index contributed by atoms with van der Waals surface area (Å²) < 4.78 is 0. The number of nitrogens with two attached hydrogens (primary N) is 2. The Hall–Kier alpha value is -2.37. The van der Waals surface area contributed by atoms with E-state index in [0.717, 1.165) is 10.9 Å². The van der Waals surface area contributed by atoms with Gasteiger partial charge in [-0.15, -0.1) is 0 Å². The summed E-state index contributed by atoms with van der Waals surface area (Å²) in [5, 5.41) is 3.96. The van der Waals surface area contributed by atoms with Crippen LogP contribution in [0.4, 0.5) is 11.5 Å². The van der Waals surface area contributed by atoms with Crippen molar-refractivity contribution in [3.05, 3.63) is 24.5 Å². The van der Waals surface area contributed by atoms with Gasteiger partial charge in [-0.25, -0.2) is 9.97 Å². The second kappa shape index (κ2) is 4.87. The molecule has 0 bridgehead atoms. The lowest BCUT2D eigenvalue weighted by atomic mass is 10.2. The van der Waals surface area contributed by atoms with Gasteiger partial charge in [0.25, 0.3) is 0 Å². The standard InChI is InChI=1S/C12H15N5O/c1-7(4-11(14)18)17-12-9-5-8(13)2-3-10(9)15-6-16-12/h2-3,5-7H,4,13H2,1H3,(H2,14,18)(H,15,16,17). The molecule has 2 aromatic rings. The highest BCUT2D eigenvalue weighted by molar-refractivity contribution is 5.91. The van der Waals surface area contributed by atoms with E-state index in [1.54, 1.807) is 12.1 Å². The Kier molecular flexibility index (Phi) is 3.27. The maximum atomic E-state index is 10.8. The lowest BCUT2D eigenvalue weighted by Gasteiger charge is -2.14. The van der Waals surface area contributed by atoms with E-state index < -0.39 is 0 Å². The molecule has 0 aliphatic carbocycles. The van der Waals surface area contributed by atoms with Gasteiger partial charge in [0, 0.05) is 23.5 Å². The Labute approximate surface area is 104 Å². The van der Waals surface area contributed by atoms with Crippen LogP contribution in [0.3, 0.4) is 0 Å². The van der Waals surface area contributed by atoms with Crippen LogP contribution in [0.1, 0.15) is 13.3 Å². The zero-order chi connectivity index (χ0) is 13.1. The summed E-state index contributed by atoms with van der Waals surface area (Å²) >= 11 is 0. The Morgan fingerprint density at radius 2 is 2.22 bits per heavy atom. The first-order chi connectivity index (χ1) is 8.56. The number of nitrogen functional groups attached to an aromatic ring is 1. The molecule has 1 aromatic carbocycles. The molecule has 0 aliphatic heterocycles. The minimum absolute atomic E-state index is 0.0953. The number of aromatic nitrogens is 2. The van der Waals surface area contributed by atoms with E-state index in [-0.39, 0.29) is 18.4 Å². The Balaban J connectivity index is 2.32. The van der Waals surface area contributed by atoms with Crippen LogP contribution in [0.5, 0.6) is 0 Å². The molecule has 0 aliphatic rings. The number of benzene rings is 1. The third-order valence-corrected chi connectivity index (χ3v) is 2.55. The summed E-state index contributed by atoms with van der Waals surface area (Å²) in [6.45, 7) is 1.87. The predicted octanol–water partition coefficient (Wildman–Crippen LogP) is 0.888. The number of hydrogen-bond donors (Lipinski definition) is 3. The number of primary amides is 1. The first-order valence-corrected chi connectivity index (χ1v) is 5.61. The summed E-state index contributed by atoms with van der Waals surface area (Å²) in [6.07, 6.45) is 1.71. The fourth-order valence-electron chi connectivity index (χ4n) is 1.78. The van der Waals surface area contributed by atoms with Gasteiger partial charge in [0.2, 0.25) is 5.91 Å². The SMILES string of the molecule is CC(CC(N)=O)Nc1ncnc2ccc(N)cc12. The molecule has 94 valence electrons. The number of rotatable bonds is 4. The zero-order valence-corrected chi connectivity index (χ0v) is 10.1. The van der Waals surface area contributed by atoms with Gasteiger partial charge in [0.15, 0.2) is 0 Å². The fraction of sp³-hybridized carbons (Fsp3) is 0.250. The van der Waals surface area contributed by atoms with Crippen LogP contribution in [-0.2, 0) is 4.79 Å². The maximum Gasteiger partial charge on any atom is 0.219 e. The van der Waals surface area contributed by atoms with Crippen molar-refractivity contribution in [2.24, 2.45) is 5.73 Å². The van der Waals surface area contributed by atoms with Crippen LogP contribution in [-0.4, -0.2) is 21.9 Å². The van der Waals surface area contributed by atoms with Crippen LogP contribution in [0, 0.1) is 0 Å². The number of amides is 1. The Morgan fingerprint density at radius 3 is 2.94 bits per heavy atom. The second-order valence-corrected chi connectivity index (χ2v) is 4.21. The molecule has 5 N–H and O–H groups in total. The topological polar surface area (TPSA) is 107 Å². The molecule has 0 saturated heterocycles. The number of hydrogen-bond acceptors (Lipinski definition) is 5. The van der Waals surface area contributed by atoms with Gasteiger partial charge in [0.1, 0.15) is 12.1 Å². The molecular weight excluding hydrogens is 230 g/mol. The van der Waals surface area contributed by atoms with E-state index in [2.05, 4.69) is 15.3 Å². The van der Waals surface area contributed by atoms with Crippen molar-refractivity contribution < 1.29 is 4.79 Å². The average molecular weight is 245 g/mol. The van der Waals surface area contributed by atoms with Crippen LogP contribution >= 0.6 is 0 Å². The molecule has 0 radical (unpaired) electrons. The second-order valence-electron chi connectivity index (χ2n) is 4.21. The first-order valence-electron chi connectivity index (χ1n) is 5.61. The van der Waals surface area contributed by atoms with Gasteiger partial charge in [-0.1, -0.05) is 0 Å². The number of carbonyl (C=O) groups is 1. The Bertz CT molecular complexity index is 584. The van der Waals surface area contributed by atoms with Crippen molar-refractivity contribution >= 4 is 28.3 Å². The van der Waals surface area contributed by atoms with E-state index in [0.29, 0.717) is 11.5 Å². The highest BCUT2D eigenvalue weighted by atomic mass is 16.1. The van der Waals surface area contributed by atoms with Crippen molar-refractivity contribution in [1.82, 2.24) is 9.97 Å². The lowest BCUT2D eigenvalue weighted by Crippen LogP contribution is -2.24. The highest BCUT2D eigenvalue weighted by Crippen LogP contribution is 2.22. The van der Waals surface area contributed by atoms with Crippen molar-refractivity contribution in [3.8, 4) is 0 Å². The monoisotopic (exact) mass is 245 g/mol. The normalized spacial score (nSPS) is 12.3. The summed E-state index contributed by atoms with van der Waals surface area (Å²) in [5.41, 5.74) is 12.3. The minimum Gasteiger partial charge on any atom is -0.399 e. The molecule has 1 heterocycles. The molecule has 6 nitrogen and oxygen atoms in total. The number of nitrogens with one attached hydrogen (secondary N) is 1. The number of fused-ring (bicyclic) bond motifs is 1. The molecule has 0 saturated carbocycles. The van der Waals surface area contributed by atoms with Crippen LogP contribution in [0.2, 0.25) is 0 Å². The summed E-state index contributed by atoms with van der Waals surface area (Å²) in [6, 6.07) is 5.32. The van der Waals surface area contributed by atoms with E-state index in [4.69, 9.17) is 11.5 Å². The fourth-order valence-corrected chi connectivity index (χ4v) is 1.78. The minimum atomic E-state index is -0.354. The molecular formula is C12H15N5O. The van der Waals surface area contributed by atoms with Gasteiger partial charge in [-0.2, -0.15) is 0 Å². The number of anilines is 2. The summed E-state index contributed by atoms with van der Waals surface area (Å²) in [7, 11) is 0. The molecule has 18 heavy (non-hydrogen) atoms. The number of nitrogens with zero attached hydrogens (tertiary/aromatic N) is 2. The summed E-state index contributed by atoms with van der Waals surface area (Å²) in [5.74, 6) is 0.300. The molecule has 1 atom stereocenters. The third-order valence-electron chi connectivity index (χ3n) is 2.55.